The topological polar surface area (TPSA) is 66.5 Å². The molecule has 1 amide bonds. The predicted molar refractivity (Wildman–Crippen MR) is 99.1 cm³/mol. The molecule has 0 bridgehead atoms. The maximum Gasteiger partial charge on any atom is 0.236 e. The molecule has 1 aliphatic heterocycles. The van der Waals surface area contributed by atoms with Crippen LogP contribution in [0.2, 0.25) is 0 Å². The minimum atomic E-state index is -3.43. The Balaban J connectivity index is 1.52. The van der Waals surface area contributed by atoms with Gasteiger partial charge in [-0.3, -0.25) is 4.79 Å². The number of piperidine rings is 1. The molecule has 1 aromatic carbocycles. The molecule has 0 aromatic heterocycles. The highest BCUT2D eigenvalue weighted by Crippen LogP contribution is 2.23. The Morgan fingerprint density at radius 1 is 1.04 bits per heavy atom. The van der Waals surface area contributed by atoms with Gasteiger partial charge in [0, 0.05) is 30.5 Å². The van der Waals surface area contributed by atoms with Gasteiger partial charge in [-0.1, -0.05) is 43.2 Å². The van der Waals surface area contributed by atoms with Gasteiger partial charge in [-0.05, 0) is 37.3 Å². The van der Waals surface area contributed by atoms with Crippen molar-refractivity contribution in [2.75, 3.05) is 13.1 Å². The lowest BCUT2D eigenvalue weighted by Gasteiger charge is -2.30. The summed E-state index contributed by atoms with van der Waals surface area (Å²) in [5, 5.41) is 4.39. The molecule has 1 heterocycles. The minimum Gasteiger partial charge on any atom is -0.353 e. The number of hydrogen-bond donors (Lipinski definition) is 1. The standard InChI is InChI=1S/C19H26N2O3S/c22-19(20-18-8-4-5-9-18)17-10-13-21(14-11-17)25(23,24)15-12-16-6-2-1-3-7-16/h1-3,6-7,12,15,17-18H,4-5,8-11,13-14H2,(H,20,22)/b15-12+. The van der Waals surface area contributed by atoms with E-state index in [-0.39, 0.29) is 11.8 Å². The second kappa shape index (κ2) is 8.15. The van der Waals surface area contributed by atoms with E-state index in [1.165, 1.54) is 22.6 Å². The van der Waals surface area contributed by atoms with Gasteiger partial charge in [0.1, 0.15) is 0 Å². The summed E-state index contributed by atoms with van der Waals surface area (Å²) in [6.07, 6.45) is 7.33. The lowest BCUT2D eigenvalue weighted by molar-refractivity contribution is -0.126. The molecular formula is C19H26N2O3S. The van der Waals surface area contributed by atoms with Crippen molar-refractivity contribution in [3.63, 3.8) is 0 Å². The Morgan fingerprint density at radius 2 is 1.68 bits per heavy atom. The number of carbonyl (C=O) groups excluding carboxylic acids is 1. The first kappa shape index (κ1) is 18.1. The van der Waals surface area contributed by atoms with Gasteiger partial charge >= 0.3 is 0 Å². The first-order chi connectivity index (χ1) is 12.0. The van der Waals surface area contributed by atoms with Crippen LogP contribution in [0.5, 0.6) is 0 Å². The number of rotatable bonds is 5. The SMILES string of the molecule is O=C(NC1CCCC1)C1CCN(S(=O)(=O)/C=C/c2ccccc2)CC1. The van der Waals surface area contributed by atoms with Crippen LogP contribution < -0.4 is 5.32 Å². The van der Waals surface area contributed by atoms with E-state index >= 15 is 0 Å². The highest BCUT2D eigenvalue weighted by atomic mass is 32.2. The summed E-state index contributed by atoms with van der Waals surface area (Å²) in [5.74, 6) is 0.0360. The predicted octanol–water partition coefficient (Wildman–Crippen LogP) is 2.76. The fraction of sp³-hybridized carbons (Fsp3) is 0.526. The summed E-state index contributed by atoms with van der Waals surface area (Å²) in [7, 11) is -3.43. The summed E-state index contributed by atoms with van der Waals surface area (Å²) in [6, 6.07) is 9.70. The molecule has 1 saturated heterocycles. The maximum absolute atomic E-state index is 12.5. The minimum absolute atomic E-state index is 0.0647. The molecule has 2 fully saturated rings. The van der Waals surface area contributed by atoms with Crippen molar-refractivity contribution < 1.29 is 13.2 Å². The second-order valence-electron chi connectivity index (χ2n) is 6.92. The van der Waals surface area contributed by atoms with E-state index in [1.54, 1.807) is 6.08 Å². The van der Waals surface area contributed by atoms with Crippen LogP contribution in [-0.4, -0.2) is 37.8 Å². The van der Waals surface area contributed by atoms with Crippen LogP contribution >= 0.6 is 0 Å². The Bertz CT molecular complexity index is 701. The third-order valence-electron chi connectivity index (χ3n) is 5.12. The van der Waals surface area contributed by atoms with E-state index in [1.807, 2.05) is 30.3 Å². The van der Waals surface area contributed by atoms with Crippen LogP contribution in [0.4, 0.5) is 0 Å². The van der Waals surface area contributed by atoms with Crippen LogP contribution in [0.1, 0.15) is 44.1 Å². The van der Waals surface area contributed by atoms with Crippen molar-refractivity contribution in [3.8, 4) is 0 Å². The molecular weight excluding hydrogens is 336 g/mol. The first-order valence-corrected chi connectivity index (χ1v) is 10.6. The van der Waals surface area contributed by atoms with E-state index < -0.39 is 10.0 Å². The Morgan fingerprint density at radius 3 is 2.32 bits per heavy atom. The van der Waals surface area contributed by atoms with Crippen LogP contribution in [0.25, 0.3) is 6.08 Å². The van der Waals surface area contributed by atoms with E-state index in [4.69, 9.17) is 0 Å². The van der Waals surface area contributed by atoms with Crippen LogP contribution in [-0.2, 0) is 14.8 Å². The number of nitrogens with zero attached hydrogens (tertiary/aromatic N) is 1. The zero-order valence-electron chi connectivity index (χ0n) is 14.4. The molecule has 136 valence electrons. The Hall–Kier alpha value is -1.66. The van der Waals surface area contributed by atoms with Gasteiger partial charge in [-0.25, -0.2) is 8.42 Å². The average molecular weight is 362 g/mol. The van der Waals surface area contributed by atoms with Crippen molar-refractivity contribution >= 4 is 22.0 Å². The third kappa shape index (κ3) is 4.92. The molecule has 2 aliphatic rings. The number of amides is 1. The molecule has 0 radical (unpaired) electrons. The zero-order valence-corrected chi connectivity index (χ0v) is 15.2. The quantitative estimate of drug-likeness (QED) is 0.876. The molecule has 1 saturated carbocycles. The van der Waals surface area contributed by atoms with Gasteiger partial charge in [-0.2, -0.15) is 4.31 Å². The fourth-order valence-electron chi connectivity index (χ4n) is 3.58. The van der Waals surface area contributed by atoms with Crippen molar-refractivity contribution in [1.29, 1.82) is 0 Å². The van der Waals surface area contributed by atoms with Gasteiger partial charge in [0.25, 0.3) is 0 Å². The zero-order chi connectivity index (χ0) is 17.7. The van der Waals surface area contributed by atoms with Crippen molar-refractivity contribution in [1.82, 2.24) is 9.62 Å². The molecule has 5 nitrogen and oxygen atoms in total. The third-order valence-corrected chi connectivity index (χ3v) is 6.68. The van der Waals surface area contributed by atoms with Gasteiger partial charge in [0.2, 0.25) is 15.9 Å². The Labute approximate surface area is 150 Å². The second-order valence-corrected chi connectivity index (χ2v) is 8.74. The summed E-state index contributed by atoms with van der Waals surface area (Å²) >= 11 is 0. The first-order valence-electron chi connectivity index (χ1n) is 9.08. The summed E-state index contributed by atoms with van der Waals surface area (Å²) in [5.41, 5.74) is 0.858. The highest BCUT2D eigenvalue weighted by molar-refractivity contribution is 7.92. The molecule has 6 heteroatoms. The highest BCUT2D eigenvalue weighted by Gasteiger charge is 2.31. The van der Waals surface area contributed by atoms with Crippen molar-refractivity contribution in [3.05, 3.63) is 41.3 Å². The van der Waals surface area contributed by atoms with E-state index in [9.17, 15) is 13.2 Å². The van der Waals surface area contributed by atoms with Crippen LogP contribution in [0.3, 0.4) is 0 Å². The number of sulfonamides is 1. The number of nitrogens with one attached hydrogen (secondary N) is 1. The van der Waals surface area contributed by atoms with Gasteiger partial charge < -0.3 is 5.32 Å². The largest absolute Gasteiger partial charge is 0.353 e. The van der Waals surface area contributed by atoms with Crippen LogP contribution in [0.15, 0.2) is 35.7 Å². The fourth-order valence-corrected chi connectivity index (χ4v) is 4.80. The summed E-state index contributed by atoms with van der Waals surface area (Å²) in [4.78, 5) is 12.3. The molecule has 1 aliphatic carbocycles. The van der Waals surface area contributed by atoms with Gasteiger partial charge in [-0.15, -0.1) is 0 Å². The number of benzene rings is 1. The van der Waals surface area contributed by atoms with Gasteiger partial charge in [0.05, 0.1) is 0 Å². The summed E-state index contributed by atoms with van der Waals surface area (Å²) < 4.78 is 26.4. The smallest absolute Gasteiger partial charge is 0.236 e. The molecule has 3 rings (SSSR count). The van der Waals surface area contributed by atoms with Gasteiger partial charge in [0.15, 0.2) is 0 Å². The van der Waals surface area contributed by atoms with E-state index in [0.717, 1.165) is 18.4 Å². The summed E-state index contributed by atoms with van der Waals surface area (Å²) in [6.45, 7) is 0.814. The van der Waals surface area contributed by atoms with E-state index in [0.29, 0.717) is 32.0 Å². The van der Waals surface area contributed by atoms with Crippen LogP contribution in [0, 0.1) is 5.92 Å². The molecule has 1 N–H and O–H groups in total. The molecule has 25 heavy (non-hydrogen) atoms. The van der Waals surface area contributed by atoms with Crippen molar-refractivity contribution in [2.45, 2.75) is 44.6 Å². The number of carbonyl (C=O) groups is 1. The molecule has 0 atom stereocenters. The average Bonchev–Trinajstić information content (AvgIpc) is 3.14. The van der Waals surface area contributed by atoms with E-state index in [2.05, 4.69) is 5.32 Å². The monoisotopic (exact) mass is 362 g/mol. The molecule has 0 unspecified atom stereocenters. The molecule has 0 spiro atoms. The lowest BCUT2D eigenvalue weighted by atomic mass is 9.97. The lowest BCUT2D eigenvalue weighted by Crippen LogP contribution is -2.44. The normalized spacial score (nSPS) is 21.0. The van der Waals surface area contributed by atoms with Crippen molar-refractivity contribution in [2.24, 2.45) is 5.92 Å². The maximum atomic E-state index is 12.5. The molecule has 1 aromatic rings. The number of hydrogen-bond acceptors (Lipinski definition) is 3. The Kier molecular flexibility index (Phi) is 5.91.